The fourth-order valence-corrected chi connectivity index (χ4v) is 9.56. The second-order valence-electron chi connectivity index (χ2n) is 16.6. The maximum Gasteiger partial charge on any atom is 1.00 e. The van der Waals surface area contributed by atoms with Gasteiger partial charge in [0.2, 0.25) is 5.69 Å². The van der Waals surface area contributed by atoms with E-state index >= 15 is 0 Å². The molecule has 1 aliphatic carbocycles. The molecule has 2 heterocycles. The Balaban J connectivity index is 0.00000622. The van der Waals surface area contributed by atoms with Crippen molar-refractivity contribution in [2.45, 2.75) is 65.2 Å². The molecule has 12 heteroatoms. The minimum absolute atomic E-state index is 0. The standard InChI is InChI=1S/C49H53N3O6S2.Na/c1-35-19-25-43-41(33-35)48(3,4)45(50(43)29-13-31-59-58-57-53)27-23-37-21-22-38(47(37)52(39-15-9-7-10-16-39)40-17-11-8-12-18-40)24-28-46-49(5,6)42-34-36(2)20-26-44(42)51(46)30-14-32-60(54,55)56;/h7-12,15-28,33-34H,13-14,29-32H2,1-6H3,(H-,53,54,55,56);/q;+1/p-1. The summed E-state index contributed by atoms with van der Waals surface area (Å²) in [4.78, 5) is 4.48. The average Bonchev–Trinajstić information content (AvgIpc) is 3.77. The third-order valence-electron chi connectivity index (χ3n) is 11.6. The second-order valence-corrected chi connectivity index (χ2v) is 18.9. The van der Waals surface area contributed by atoms with E-state index in [1.54, 1.807) is 0 Å². The molecule has 0 radical (unpaired) electrons. The molecular weight excluding hydrogens is 814 g/mol. The fraction of sp³-hybridized carbons (Fsp3) is 0.286. The van der Waals surface area contributed by atoms with Crippen molar-refractivity contribution in [2.75, 3.05) is 34.4 Å². The molecule has 7 rings (SSSR count). The Hall–Kier alpha value is -4.01. The molecule has 9 nitrogen and oxygen atoms in total. The van der Waals surface area contributed by atoms with Crippen molar-refractivity contribution >= 4 is 50.6 Å². The molecule has 0 spiro atoms. The maximum atomic E-state index is 11.7. The van der Waals surface area contributed by atoms with Gasteiger partial charge in [0, 0.05) is 82.4 Å². The van der Waals surface area contributed by atoms with E-state index in [0.29, 0.717) is 12.3 Å². The molecule has 4 aromatic rings. The molecule has 312 valence electrons. The number of para-hydroxylation sites is 2. The zero-order valence-corrected chi connectivity index (χ0v) is 39.7. The van der Waals surface area contributed by atoms with Crippen molar-refractivity contribution in [2.24, 2.45) is 0 Å². The van der Waals surface area contributed by atoms with Crippen LogP contribution in [0.5, 0.6) is 0 Å². The van der Waals surface area contributed by atoms with Gasteiger partial charge in [0.25, 0.3) is 0 Å². The summed E-state index contributed by atoms with van der Waals surface area (Å²) >= 11 is 1.01. The molecule has 0 atom stereocenters. The Morgan fingerprint density at radius 2 is 1.44 bits per heavy atom. The zero-order valence-electron chi connectivity index (χ0n) is 36.1. The summed E-state index contributed by atoms with van der Waals surface area (Å²) in [7, 11) is -4.36. The van der Waals surface area contributed by atoms with Crippen LogP contribution in [0.4, 0.5) is 22.7 Å². The Bertz CT molecular complexity index is 2510. The van der Waals surface area contributed by atoms with E-state index in [-0.39, 0.29) is 41.4 Å². The summed E-state index contributed by atoms with van der Waals surface area (Å²) in [6.45, 7) is 14.3. The first-order valence-electron chi connectivity index (χ1n) is 20.3. The molecule has 0 N–H and O–H groups in total. The Morgan fingerprint density at radius 3 is 2.08 bits per heavy atom. The first kappa shape index (κ1) is 46.5. The summed E-state index contributed by atoms with van der Waals surface area (Å²) in [5.41, 5.74) is 13.5. The largest absolute Gasteiger partial charge is 1.00 e. The van der Waals surface area contributed by atoms with Gasteiger partial charge in [-0.05, 0) is 99.4 Å². The van der Waals surface area contributed by atoms with Gasteiger partial charge in [-0.2, -0.15) is 8.91 Å². The van der Waals surface area contributed by atoms with Gasteiger partial charge in [-0.1, -0.05) is 97.8 Å². The topological polar surface area (TPSA) is 108 Å². The van der Waals surface area contributed by atoms with E-state index in [1.807, 2.05) is 12.1 Å². The number of hydrogen-bond donors (Lipinski definition) is 0. The molecule has 0 amide bonds. The summed E-state index contributed by atoms with van der Waals surface area (Å²) in [6, 6.07) is 33.7. The van der Waals surface area contributed by atoms with Crippen LogP contribution in [0.3, 0.4) is 0 Å². The van der Waals surface area contributed by atoms with Crippen molar-refractivity contribution < 1.29 is 61.7 Å². The van der Waals surface area contributed by atoms with Gasteiger partial charge in [-0.15, -0.1) is 0 Å². The van der Waals surface area contributed by atoms with E-state index in [4.69, 9.17) is 0 Å². The first-order valence-corrected chi connectivity index (χ1v) is 22.8. The third kappa shape index (κ3) is 10.1. The van der Waals surface area contributed by atoms with Gasteiger partial charge in [0.05, 0.1) is 21.2 Å². The van der Waals surface area contributed by atoms with Crippen molar-refractivity contribution in [3.63, 3.8) is 0 Å². The number of allylic oxidation sites excluding steroid dienone is 8. The molecule has 0 fully saturated rings. The van der Waals surface area contributed by atoms with Crippen molar-refractivity contribution in [1.29, 1.82) is 0 Å². The number of fused-ring (bicyclic) bond motifs is 2. The van der Waals surface area contributed by atoms with Crippen LogP contribution in [0.25, 0.3) is 0 Å². The molecule has 3 aliphatic rings. The van der Waals surface area contributed by atoms with Crippen LogP contribution in [0.15, 0.2) is 156 Å². The Labute approximate surface area is 387 Å². The molecule has 0 bridgehead atoms. The van der Waals surface area contributed by atoms with Gasteiger partial charge >= 0.3 is 29.6 Å². The summed E-state index contributed by atoms with van der Waals surface area (Å²) < 4.78 is 41.9. The molecule has 0 saturated heterocycles. The Kier molecular flexibility index (Phi) is 14.9. The molecule has 2 aliphatic heterocycles. The summed E-state index contributed by atoms with van der Waals surface area (Å²) in [6.07, 6.45) is 14.1. The zero-order chi connectivity index (χ0) is 42.7. The van der Waals surface area contributed by atoms with Gasteiger partial charge in [-0.25, -0.2) is 8.42 Å². The SMILES string of the molecule is Cc1ccc2c(c1)C(C)(C)C(/C=C/C1=C(N(c3ccccc3)c3ccccc3)C(=C/C=C3/N(CCCS(=O)(=O)[O-])c4ccc(C)cc4C3(C)C)/C=C1)=[N+]2CCCSOO[O-].[Na+]. The smallest absolute Gasteiger partial charge is 0.748 e. The van der Waals surface area contributed by atoms with E-state index in [1.165, 1.54) is 16.8 Å². The van der Waals surface area contributed by atoms with Crippen molar-refractivity contribution in [3.05, 3.63) is 178 Å². The van der Waals surface area contributed by atoms with Crippen LogP contribution in [-0.2, 0) is 30.3 Å². The predicted molar refractivity (Wildman–Crippen MR) is 240 cm³/mol. The third-order valence-corrected chi connectivity index (χ3v) is 13.0. The molecule has 0 saturated carbocycles. The van der Waals surface area contributed by atoms with Gasteiger partial charge in [0.1, 0.15) is 6.54 Å². The first-order chi connectivity index (χ1) is 28.7. The summed E-state index contributed by atoms with van der Waals surface area (Å²) in [5, 5.41) is 14.0. The van der Waals surface area contributed by atoms with E-state index in [9.17, 15) is 18.2 Å². The minimum Gasteiger partial charge on any atom is -0.748 e. The van der Waals surface area contributed by atoms with Gasteiger partial charge in [-0.3, -0.25) is 5.04 Å². The molecule has 61 heavy (non-hydrogen) atoms. The number of rotatable bonds is 16. The van der Waals surface area contributed by atoms with E-state index in [0.717, 1.165) is 81.4 Å². The normalized spacial score (nSPS) is 17.8. The summed E-state index contributed by atoms with van der Waals surface area (Å²) in [5.74, 6) is 0.175. The van der Waals surface area contributed by atoms with Gasteiger partial charge < -0.3 is 19.6 Å². The molecule has 0 unspecified atom stereocenters. The van der Waals surface area contributed by atoms with Crippen molar-refractivity contribution in [3.8, 4) is 0 Å². The van der Waals surface area contributed by atoms with Gasteiger partial charge in [0.15, 0.2) is 5.71 Å². The number of aryl methyl sites for hydroxylation is 2. The number of anilines is 3. The predicted octanol–water partition coefficient (Wildman–Crippen LogP) is 6.71. The molecule has 4 aromatic carbocycles. The average molecular weight is 866 g/mol. The number of hydrogen-bond acceptors (Lipinski definition) is 9. The van der Waals surface area contributed by atoms with Crippen molar-refractivity contribution in [1.82, 2.24) is 0 Å². The minimum atomic E-state index is -4.36. The maximum absolute atomic E-state index is 11.7. The van der Waals surface area contributed by atoms with E-state index in [2.05, 4.69) is 187 Å². The second kappa shape index (κ2) is 19.6. The molecule has 0 aromatic heterocycles. The van der Waals surface area contributed by atoms with Crippen LogP contribution in [0, 0.1) is 13.8 Å². The monoisotopic (exact) mass is 865 g/mol. The van der Waals surface area contributed by atoms with Crippen LogP contribution < -0.4 is 44.6 Å². The fourth-order valence-electron chi connectivity index (χ4n) is 8.73. The van der Waals surface area contributed by atoms with Crippen LogP contribution in [-0.4, -0.2) is 47.9 Å². The van der Waals surface area contributed by atoms with E-state index < -0.39 is 21.3 Å². The van der Waals surface area contributed by atoms with Crippen LogP contribution in [0.2, 0.25) is 0 Å². The Morgan fingerprint density at radius 1 is 0.803 bits per heavy atom. The number of nitrogens with zero attached hydrogens (tertiary/aromatic N) is 3. The quantitative estimate of drug-likeness (QED) is 0.0231. The van der Waals surface area contributed by atoms with Crippen LogP contribution in [0.1, 0.15) is 62.8 Å². The van der Waals surface area contributed by atoms with Crippen LogP contribution >= 0.6 is 12.0 Å². The number of benzene rings is 4. The molecular formula is C49H52N3NaO6S2.